The van der Waals surface area contributed by atoms with Crippen LogP contribution in [0.4, 0.5) is 0 Å². The van der Waals surface area contributed by atoms with E-state index >= 15 is 0 Å². The van der Waals surface area contributed by atoms with Crippen LogP contribution in [-0.4, -0.2) is 43.2 Å². The Morgan fingerprint density at radius 1 is 1.25 bits per heavy atom. The number of likely N-dealkylation sites (tertiary alicyclic amines) is 1. The van der Waals surface area contributed by atoms with Gasteiger partial charge in [0.1, 0.15) is 0 Å². The molecule has 1 aliphatic rings. The Kier molecular flexibility index (Phi) is 6.04. The van der Waals surface area contributed by atoms with E-state index < -0.39 is 10.0 Å². The number of halogens is 1. The summed E-state index contributed by atoms with van der Waals surface area (Å²) in [5.74, 6) is 0.0142. The number of nitrogens with zero attached hydrogens (tertiary/aromatic N) is 3. The smallest absolute Gasteiger partial charge is 0.243 e. The van der Waals surface area contributed by atoms with Crippen LogP contribution in [0.25, 0.3) is 0 Å². The monoisotopic (exact) mass is 417 g/mol. The second-order valence-electron chi connectivity index (χ2n) is 6.76. The van der Waals surface area contributed by atoms with Gasteiger partial charge in [-0.2, -0.15) is 9.57 Å². The lowest BCUT2D eigenvalue weighted by molar-refractivity contribution is -0.127. The van der Waals surface area contributed by atoms with E-state index in [1.807, 2.05) is 6.07 Å². The molecule has 3 rings (SSSR count). The Labute approximate surface area is 170 Å². The van der Waals surface area contributed by atoms with Gasteiger partial charge in [-0.15, -0.1) is 0 Å². The maximum atomic E-state index is 13.3. The zero-order valence-corrected chi connectivity index (χ0v) is 16.9. The zero-order chi connectivity index (χ0) is 20.3. The summed E-state index contributed by atoms with van der Waals surface area (Å²) in [4.78, 5) is 13.5. The molecule has 0 spiro atoms. The van der Waals surface area contributed by atoms with Gasteiger partial charge in [0.05, 0.1) is 16.5 Å². The van der Waals surface area contributed by atoms with Crippen LogP contribution in [0.1, 0.15) is 24.0 Å². The molecule has 6 nitrogen and oxygen atoms in total. The van der Waals surface area contributed by atoms with Crippen LogP contribution in [0.5, 0.6) is 0 Å². The van der Waals surface area contributed by atoms with Gasteiger partial charge in [0.25, 0.3) is 0 Å². The number of likely N-dealkylation sites (N-methyl/N-ethyl adjacent to an activating group) is 1. The maximum absolute atomic E-state index is 13.3. The standard InChI is InChI=1S/C20H20ClN3O3S/c1-23-18(9-10-20(23)25)14-24(13-15-5-7-17(21)8-6-15)28(26,27)19-4-2-3-16(11-19)12-22/h2-8,11,18H,9-10,13-14H2,1H3/t18-/m0/s1. The molecule has 8 heteroatoms. The number of carbonyl (C=O) groups excluding carboxylic acids is 1. The first kappa shape index (κ1) is 20.3. The fraction of sp³-hybridized carbons (Fsp3) is 0.300. The Hall–Kier alpha value is -2.40. The summed E-state index contributed by atoms with van der Waals surface area (Å²) in [5, 5.41) is 9.68. The number of amides is 1. The molecular formula is C20H20ClN3O3S. The average Bonchev–Trinajstić information content (AvgIpc) is 3.01. The van der Waals surface area contributed by atoms with Gasteiger partial charge in [-0.1, -0.05) is 29.8 Å². The highest BCUT2D eigenvalue weighted by Gasteiger charge is 2.34. The average molecular weight is 418 g/mol. The summed E-state index contributed by atoms with van der Waals surface area (Å²) < 4.78 is 28.0. The van der Waals surface area contributed by atoms with E-state index in [1.54, 1.807) is 48.3 Å². The predicted molar refractivity (Wildman–Crippen MR) is 106 cm³/mol. The summed E-state index contributed by atoms with van der Waals surface area (Å²) in [6, 6.07) is 14.7. The number of sulfonamides is 1. The van der Waals surface area contributed by atoms with E-state index in [9.17, 15) is 13.2 Å². The highest BCUT2D eigenvalue weighted by atomic mass is 35.5. The van der Waals surface area contributed by atoms with Gasteiger partial charge < -0.3 is 4.90 Å². The Bertz CT molecular complexity index is 1020. The van der Waals surface area contributed by atoms with Crippen molar-refractivity contribution in [2.45, 2.75) is 30.3 Å². The van der Waals surface area contributed by atoms with Gasteiger partial charge in [-0.3, -0.25) is 4.79 Å². The molecule has 0 N–H and O–H groups in total. The predicted octanol–water partition coefficient (Wildman–Crippen LogP) is 3.02. The molecule has 28 heavy (non-hydrogen) atoms. The van der Waals surface area contributed by atoms with Gasteiger partial charge in [0.15, 0.2) is 0 Å². The Morgan fingerprint density at radius 3 is 2.57 bits per heavy atom. The van der Waals surface area contributed by atoms with Crippen LogP contribution >= 0.6 is 11.6 Å². The zero-order valence-electron chi connectivity index (χ0n) is 15.4. The van der Waals surface area contributed by atoms with Gasteiger partial charge in [-0.05, 0) is 42.3 Å². The van der Waals surface area contributed by atoms with Crippen LogP contribution in [0.15, 0.2) is 53.4 Å². The summed E-state index contributed by atoms with van der Waals surface area (Å²) in [5.41, 5.74) is 1.07. The van der Waals surface area contributed by atoms with Crippen molar-refractivity contribution < 1.29 is 13.2 Å². The van der Waals surface area contributed by atoms with Crippen LogP contribution < -0.4 is 0 Å². The maximum Gasteiger partial charge on any atom is 0.243 e. The lowest BCUT2D eigenvalue weighted by Gasteiger charge is -2.28. The number of nitriles is 1. The van der Waals surface area contributed by atoms with Gasteiger partial charge in [-0.25, -0.2) is 8.42 Å². The highest BCUT2D eigenvalue weighted by molar-refractivity contribution is 7.89. The Balaban J connectivity index is 1.95. The van der Waals surface area contributed by atoms with E-state index in [0.717, 1.165) is 5.56 Å². The molecule has 1 saturated heterocycles. The van der Waals surface area contributed by atoms with Crippen molar-refractivity contribution in [3.63, 3.8) is 0 Å². The highest BCUT2D eigenvalue weighted by Crippen LogP contribution is 2.24. The third kappa shape index (κ3) is 4.36. The molecule has 1 aliphatic heterocycles. The fourth-order valence-corrected chi connectivity index (χ4v) is 4.87. The number of hydrogen-bond donors (Lipinski definition) is 0. The van der Waals surface area contributed by atoms with E-state index in [-0.39, 0.29) is 35.5 Å². The van der Waals surface area contributed by atoms with Crippen LogP contribution in [-0.2, 0) is 21.4 Å². The van der Waals surface area contributed by atoms with E-state index in [0.29, 0.717) is 17.9 Å². The van der Waals surface area contributed by atoms with Crippen molar-refractivity contribution in [1.82, 2.24) is 9.21 Å². The number of carbonyl (C=O) groups is 1. The molecule has 1 fully saturated rings. The molecule has 0 bridgehead atoms. The first-order valence-electron chi connectivity index (χ1n) is 8.81. The third-order valence-electron chi connectivity index (χ3n) is 4.92. The van der Waals surface area contributed by atoms with Crippen LogP contribution in [0.3, 0.4) is 0 Å². The van der Waals surface area contributed by atoms with Gasteiger partial charge in [0.2, 0.25) is 15.9 Å². The summed E-state index contributed by atoms with van der Waals surface area (Å²) >= 11 is 5.93. The van der Waals surface area contributed by atoms with E-state index in [4.69, 9.17) is 16.9 Å². The molecule has 0 aromatic heterocycles. The lowest BCUT2D eigenvalue weighted by Crippen LogP contribution is -2.42. The second-order valence-corrected chi connectivity index (χ2v) is 9.14. The minimum absolute atomic E-state index is 0.0142. The molecule has 2 aromatic rings. The van der Waals surface area contributed by atoms with Crippen LogP contribution in [0.2, 0.25) is 5.02 Å². The lowest BCUT2D eigenvalue weighted by atomic mass is 10.2. The number of rotatable bonds is 6. The van der Waals surface area contributed by atoms with Crippen molar-refractivity contribution >= 4 is 27.5 Å². The molecule has 146 valence electrons. The van der Waals surface area contributed by atoms with Crippen molar-refractivity contribution in [1.29, 1.82) is 5.26 Å². The van der Waals surface area contributed by atoms with Crippen molar-refractivity contribution in [2.75, 3.05) is 13.6 Å². The van der Waals surface area contributed by atoms with Gasteiger partial charge >= 0.3 is 0 Å². The van der Waals surface area contributed by atoms with Crippen molar-refractivity contribution in [3.8, 4) is 6.07 Å². The molecule has 2 aromatic carbocycles. The number of benzene rings is 2. The topological polar surface area (TPSA) is 81.5 Å². The minimum atomic E-state index is -3.86. The molecule has 1 heterocycles. The molecule has 0 radical (unpaired) electrons. The molecule has 1 amide bonds. The minimum Gasteiger partial charge on any atom is -0.341 e. The normalized spacial score (nSPS) is 17.1. The SMILES string of the molecule is CN1C(=O)CC[C@H]1CN(Cc1ccc(Cl)cc1)S(=O)(=O)c1cccc(C#N)c1. The Morgan fingerprint density at radius 2 is 1.96 bits per heavy atom. The first-order chi connectivity index (χ1) is 13.3. The summed E-state index contributed by atoms with van der Waals surface area (Å²) in [6.07, 6.45) is 1.03. The molecule has 1 atom stereocenters. The first-order valence-corrected chi connectivity index (χ1v) is 10.6. The van der Waals surface area contributed by atoms with Gasteiger partial charge in [0, 0.05) is 37.6 Å². The fourth-order valence-electron chi connectivity index (χ4n) is 3.23. The third-order valence-corrected chi connectivity index (χ3v) is 6.98. The van der Waals surface area contributed by atoms with E-state index in [1.165, 1.54) is 16.4 Å². The largest absolute Gasteiger partial charge is 0.341 e. The van der Waals surface area contributed by atoms with E-state index in [2.05, 4.69) is 0 Å². The van der Waals surface area contributed by atoms with Crippen molar-refractivity contribution in [2.24, 2.45) is 0 Å². The number of hydrogen-bond acceptors (Lipinski definition) is 4. The molecule has 0 saturated carbocycles. The molecule has 0 unspecified atom stereocenters. The summed E-state index contributed by atoms with van der Waals surface area (Å²) in [6.45, 7) is 0.332. The summed E-state index contributed by atoms with van der Waals surface area (Å²) in [7, 11) is -2.16. The molecular weight excluding hydrogens is 398 g/mol. The van der Waals surface area contributed by atoms with Crippen LogP contribution in [0, 0.1) is 11.3 Å². The van der Waals surface area contributed by atoms with Crippen molar-refractivity contribution in [3.05, 3.63) is 64.7 Å². The molecule has 0 aliphatic carbocycles. The quantitative estimate of drug-likeness (QED) is 0.723. The second kappa shape index (κ2) is 8.31.